The lowest BCUT2D eigenvalue weighted by Gasteiger charge is -2.40. The van der Waals surface area contributed by atoms with Gasteiger partial charge in [0.25, 0.3) is 0 Å². The van der Waals surface area contributed by atoms with Crippen molar-refractivity contribution in [1.29, 1.82) is 0 Å². The van der Waals surface area contributed by atoms with E-state index in [1.54, 1.807) is 11.3 Å². The number of benzene rings is 2. The van der Waals surface area contributed by atoms with Gasteiger partial charge in [0.05, 0.1) is 22.3 Å². The fourth-order valence-electron chi connectivity index (χ4n) is 4.95. The average Bonchev–Trinajstić information content (AvgIpc) is 3.53. The molecule has 3 heterocycles. The average molecular weight is 687 g/mol. The van der Waals surface area contributed by atoms with Crippen LogP contribution in [0.4, 0.5) is 18.3 Å². The number of ether oxygens (including phenoxy) is 1. The van der Waals surface area contributed by atoms with Crippen LogP contribution in [0.1, 0.15) is 31.2 Å². The molecule has 2 fully saturated rings. The number of piperidine rings is 1. The number of aliphatic carboxylic acids is 1. The zero-order valence-corrected chi connectivity index (χ0v) is 27.0. The van der Waals surface area contributed by atoms with Crippen LogP contribution in [-0.4, -0.2) is 80.5 Å². The van der Waals surface area contributed by atoms with E-state index in [0.717, 1.165) is 107 Å². The maximum absolute atomic E-state index is 10.5. The number of unbranched alkanes of at least 4 members (excludes halogenated alkanes) is 1. The standard InChI is InChI=1S/C29H36Cl2N5OS.C2HF3O2/c30-26-8-3-22(19-27(26)31)20-35-14-9-24(10-15-35)33-11-1-2-18-37-25-6-4-23(5-7-25)28-21-38-29(34-28)36-16-12-32-13-17-36;3-2(4,5)1(6)7/h3-8,19,21,24,32H,1-2,9-18,20H2;(H,6,7)/q-1;/p-1. The minimum atomic E-state index is -5.19. The quantitative estimate of drug-likeness (QED) is 0.247. The van der Waals surface area contributed by atoms with Gasteiger partial charge in [-0.15, -0.1) is 23.9 Å². The van der Waals surface area contributed by atoms with Crippen LogP contribution in [0.2, 0.25) is 10.0 Å². The Hall–Kier alpha value is -2.61. The number of carboxylic acids is 1. The predicted molar refractivity (Wildman–Crippen MR) is 171 cm³/mol. The highest BCUT2D eigenvalue weighted by Gasteiger charge is 2.28. The first-order valence-corrected chi connectivity index (χ1v) is 16.5. The summed E-state index contributed by atoms with van der Waals surface area (Å²) in [5, 5.41) is 21.6. The summed E-state index contributed by atoms with van der Waals surface area (Å²) in [6.45, 7) is 8.80. The summed E-state index contributed by atoms with van der Waals surface area (Å²) in [5.41, 5.74) is 3.39. The first kappa shape index (κ1) is 35.2. The molecule has 1 aromatic heterocycles. The molecule has 45 heavy (non-hydrogen) atoms. The number of nitrogens with one attached hydrogen (secondary N) is 1. The Labute approximate surface area is 275 Å². The minimum absolute atomic E-state index is 0.478. The number of piperazine rings is 1. The molecule has 0 radical (unpaired) electrons. The lowest BCUT2D eigenvalue weighted by Crippen LogP contribution is -2.43. The van der Waals surface area contributed by atoms with Crippen LogP contribution in [0.5, 0.6) is 5.75 Å². The van der Waals surface area contributed by atoms with Crippen molar-refractivity contribution in [2.45, 2.75) is 44.4 Å². The number of carbonyl (C=O) groups excluding carboxylic acids is 1. The second-order valence-corrected chi connectivity index (χ2v) is 12.4. The van der Waals surface area contributed by atoms with E-state index in [9.17, 15) is 13.2 Å². The molecule has 5 rings (SSSR count). The first-order chi connectivity index (χ1) is 21.6. The number of hydrogen-bond donors (Lipinski definition) is 1. The summed E-state index contributed by atoms with van der Waals surface area (Å²) >= 11 is 13.9. The monoisotopic (exact) mass is 685 g/mol. The molecule has 0 unspecified atom stereocenters. The Morgan fingerprint density at radius 3 is 2.38 bits per heavy atom. The number of carboxylic acid groups (broad SMARTS) is 1. The third-order valence-electron chi connectivity index (χ3n) is 7.42. The summed E-state index contributed by atoms with van der Waals surface area (Å²) < 4.78 is 37.5. The largest absolute Gasteiger partial charge is 0.659 e. The van der Waals surface area contributed by atoms with E-state index in [1.807, 2.05) is 12.1 Å². The van der Waals surface area contributed by atoms with Gasteiger partial charge >= 0.3 is 6.18 Å². The molecular weight excluding hydrogens is 650 g/mol. The summed E-state index contributed by atoms with van der Waals surface area (Å²) in [6, 6.07) is 14.7. The number of carbonyl (C=O) groups is 1. The molecule has 1 N–H and O–H groups in total. The van der Waals surface area contributed by atoms with Crippen molar-refractivity contribution in [3.05, 3.63) is 68.8 Å². The maximum Gasteiger partial charge on any atom is 0.430 e. The number of likely N-dealkylation sites (tertiary alicyclic amines) is 1. The molecule has 8 nitrogen and oxygen atoms in total. The molecule has 2 aliphatic rings. The van der Waals surface area contributed by atoms with E-state index in [2.05, 4.69) is 50.8 Å². The molecule has 2 aliphatic heterocycles. The van der Waals surface area contributed by atoms with Gasteiger partial charge in [-0.25, -0.2) is 4.98 Å². The molecule has 14 heteroatoms. The van der Waals surface area contributed by atoms with Crippen molar-refractivity contribution in [2.24, 2.45) is 0 Å². The molecule has 246 valence electrons. The van der Waals surface area contributed by atoms with Crippen LogP contribution in [-0.2, 0) is 11.3 Å². The van der Waals surface area contributed by atoms with Crippen LogP contribution < -0.4 is 20.1 Å². The smallest absolute Gasteiger partial charge is 0.430 e. The number of anilines is 1. The van der Waals surface area contributed by atoms with Gasteiger partial charge in [0.15, 0.2) is 5.13 Å². The van der Waals surface area contributed by atoms with Crippen molar-refractivity contribution in [3.8, 4) is 17.0 Å². The van der Waals surface area contributed by atoms with Gasteiger partial charge in [0, 0.05) is 43.7 Å². The van der Waals surface area contributed by atoms with Gasteiger partial charge < -0.3 is 30.2 Å². The highest BCUT2D eigenvalue weighted by molar-refractivity contribution is 7.14. The van der Waals surface area contributed by atoms with Gasteiger partial charge in [0.2, 0.25) is 0 Å². The topological polar surface area (TPSA) is 94.9 Å². The third-order valence-corrected chi connectivity index (χ3v) is 9.06. The SMILES string of the molecule is Clc1ccc(CN2CCC([N-]CCCCOc3ccc(-c4csc(N5CCNCC5)n4)cc3)CC2)cc1Cl.O=C([O-])C(F)(F)F. The van der Waals surface area contributed by atoms with Gasteiger partial charge in [0.1, 0.15) is 11.7 Å². The number of rotatable bonds is 11. The zero-order valence-electron chi connectivity index (χ0n) is 24.7. The second kappa shape index (κ2) is 17.3. The van der Waals surface area contributed by atoms with Crippen molar-refractivity contribution in [3.63, 3.8) is 0 Å². The number of halogens is 5. The number of nitrogens with zero attached hydrogens (tertiary/aromatic N) is 4. The van der Waals surface area contributed by atoms with E-state index >= 15 is 0 Å². The molecule has 3 aromatic rings. The Morgan fingerprint density at radius 1 is 1.04 bits per heavy atom. The Balaban J connectivity index is 0.000000591. The van der Waals surface area contributed by atoms with E-state index < -0.39 is 12.1 Å². The second-order valence-electron chi connectivity index (χ2n) is 10.8. The van der Waals surface area contributed by atoms with Crippen molar-refractivity contribution in [1.82, 2.24) is 15.2 Å². The summed E-state index contributed by atoms with van der Waals surface area (Å²) in [5.74, 6) is -2.09. The fraction of sp³-hybridized carbons (Fsp3) is 0.484. The Morgan fingerprint density at radius 2 is 1.73 bits per heavy atom. The molecule has 0 saturated carbocycles. The molecule has 0 spiro atoms. The fourth-order valence-corrected chi connectivity index (χ4v) is 6.16. The predicted octanol–water partition coefficient (Wildman–Crippen LogP) is 6.02. The van der Waals surface area contributed by atoms with Crippen LogP contribution in [0.15, 0.2) is 47.8 Å². The first-order valence-electron chi connectivity index (χ1n) is 14.8. The zero-order chi connectivity index (χ0) is 32.2. The van der Waals surface area contributed by atoms with E-state index in [1.165, 1.54) is 5.56 Å². The Bertz CT molecular complexity index is 1350. The molecule has 0 amide bonds. The van der Waals surface area contributed by atoms with Crippen LogP contribution in [0.3, 0.4) is 0 Å². The van der Waals surface area contributed by atoms with Crippen LogP contribution >= 0.6 is 34.5 Å². The molecule has 2 saturated heterocycles. The molecule has 2 aromatic carbocycles. The molecule has 0 bridgehead atoms. The van der Waals surface area contributed by atoms with Gasteiger partial charge in [-0.1, -0.05) is 48.5 Å². The molecule has 0 atom stereocenters. The lowest BCUT2D eigenvalue weighted by molar-refractivity contribution is -0.344. The van der Waals surface area contributed by atoms with Crippen LogP contribution in [0.25, 0.3) is 16.6 Å². The molecular formula is C31H36Cl2F3N5O3S-2. The maximum atomic E-state index is 10.5. The highest BCUT2D eigenvalue weighted by atomic mass is 35.5. The molecule has 0 aliphatic carbocycles. The minimum Gasteiger partial charge on any atom is -0.659 e. The number of hydrogen-bond acceptors (Lipinski definition) is 8. The summed E-state index contributed by atoms with van der Waals surface area (Å²) in [4.78, 5) is 18.5. The third kappa shape index (κ3) is 11.6. The summed E-state index contributed by atoms with van der Waals surface area (Å²) in [6.07, 6.45) is -0.865. The van der Waals surface area contributed by atoms with Gasteiger partial charge in [-0.2, -0.15) is 13.2 Å². The van der Waals surface area contributed by atoms with E-state index in [-0.39, 0.29) is 0 Å². The number of aromatic nitrogens is 1. The highest BCUT2D eigenvalue weighted by Crippen LogP contribution is 2.29. The number of alkyl halides is 3. The van der Waals surface area contributed by atoms with E-state index in [0.29, 0.717) is 16.1 Å². The van der Waals surface area contributed by atoms with Crippen molar-refractivity contribution < 1.29 is 27.8 Å². The van der Waals surface area contributed by atoms with E-state index in [4.69, 9.17) is 48.1 Å². The van der Waals surface area contributed by atoms with Gasteiger partial charge in [-0.05, 0) is 61.5 Å². The van der Waals surface area contributed by atoms with Crippen molar-refractivity contribution >= 4 is 45.6 Å². The Kier molecular flexibility index (Phi) is 13.6. The normalized spacial score (nSPS) is 16.2. The number of thiazole rings is 1. The van der Waals surface area contributed by atoms with Gasteiger partial charge in [-0.3, -0.25) is 4.90 Å². The lowest BCUT2D eigenvalue weighted by atomic mass is 10.0. The van der Waals surface area contributed by atoms with Crippen LogP contribution in [0, 0.1) is 0 Å². The van der Waals surface area contributed by atoms with Crippen molar-refractivity contribution in [2.75, 3.05) is 57.3 Å². The summed E-state index contributed by atoms with van der Waals surface area (Å²) in [7, 11) is 0.